The largest absolute Gasteiger partial charge is 0.394 e. The first-order valence-corrected chi connectivity index (χ1v) is 20.3. The molecule has 4 atom stereocenters. The summed E-state index contributed by atoms with van der Waals surface area (Å²) in [5.74, 6) is -0.604. The molecule has 5 N–H and O–H groups in total. The number of hydrogen-bond donors (Lipinski definition) is 5. The van der Waals surface area contributed by atoms with Gasteiger partial charge in [-0.3, -0.25) is 4.79 Å². The predicted molar refractivity (Wildman–Crippen MR) is 205 cm³/mol. The average Bonchev–Trinajstić information content (AvgIpc) is 3.09. The van der Waals surface area contributed by atoms with Crippen molar-refractivity contribution in [3.63, 3.8) is 0 Å². The maximum absolute atomic E-state index is 12.4. The molecule has 6 heteroatoms. The van der Waals surface area contributed by atoms with E-state index >= 15 is 0 Å². The predicted octanol–water partition coefficient (Wildman–Crippen LogP) is 10.2. The van der Waals surface area contributed by atoms with Gasteiger partial charge in [0.2, 0.25) is 5.91 Å². The Kier molecular flexibility index (Phi) is 35.7. The van der Waals surface area contributed by atoms with Gasteiger partial charge in [-0.2, -0.15) is 0 Å². The van der Waals surface area contributed by atoms with Crippen molar-refractivity contribution in [3.05, 3.63) is 36.5 Å². The number of aliphatic hydroxyl groups excluding tert-OH is 4. The summed E-state index contributed by atoms with van der Waals surface area (Å²) in [7, 11) is 0. The van der Waals surface area contributed by atoms with E-state index in [1.165, 1.54) is 122 Å². The SMILES string of the molecule is C/C=C/CC/C=C/CCCC(O)C(O)C(CO)NC(=O)C(O)CCCCCCCCCC/C=C\CCCCCCCCCCCCCC. The van der Waals surface area contributed by atoms with E-state index in [1.54, 1.807) is 0 Å². The maximum atomic E-state index is 12.4. The van der Waals surface area contributed by atoms with Crippen LogP contribution >= 0.6 is 0 Å². The van der Waals surface area contributed by atoms with E-state index in [-0.39, 0.29) is 0 Å². The second-order valence-corrected chi connectivity index (χ2v) is 14.0. The van der Waals surface area contributed by atoms with Crippen LogP contribution in [0.5, 0.6) is 0 Å². The van der Waals surface area contributed by atoms with E-state index in [4.69, 9.17) is 0 Å². The lowest BCUT2D eigenvalue weighted by atomic mass is 10.00. The van der Waals surface area contributed by atoms with Crippen LogP contribution in [0, 0.1) is 0 Å². The third kappa shape index (κ3) is 30.6. The lowest BCUT2D eigenvalue weighted by Crippen LogP contribution is -2.53. The van der Waals surface area contributed by atoms with Crippen LogP contribution in [-0.2, 0) is 4.79 Å². The van der Waals surface area contributed by atoms with Crippen molar-refractivity contribution in [1.29, 1.82) is 0 Å². The van der Waals surface area contributed by atoms with E-state index in [2.05, 4.69) is 42.6 Å². The van der Waals surface area contributed by atoms with Gasteiger partial charge in [-0.05, 0) is 71.1 Å². The molecule has 0 spiro atoms. The van der Waals surface area contributed by atoms with Crippen molar-refractivity contribution >= 4 is 5.91 Å². The fourth-order valence-electron chi connectivity index (χ4n) is 6.13. The monoisotopic (exact) mass is 678 g/mol. The van der Waals surface area contributed by atoms with Crippen LogP contribution in [0.4, 0.5) is 0 Å². The molecule has 0 aromatic rings. The molecular weight excluding hydrogens is 598 g/mol. The second-order valence-electron chi connectivity index (χ2n) is 14.0. The van der Waals surface area contributed by atoms with Gasteiger partial charge in [0.25, 0.3) is 0 Å². The number of unbranched alkanes of at least 4 members (excludes halogenated alkanes) is 22. The van der Waals surface area contributed by atoms with Crippen LogP contribution in [0.2, 0.25) is 0 Å². The Bertz CT molecular complexity index is 767. The molecule has 48 heavy (non-hydrogen) atoms. The van der Waals surface area contributed by atoms with Gasteiger partial charge in [-0.1, -0.05) is 159 Å². The molecular formula is C42H79NO5. The summed E-state index contributed by atoms with van der Waals surface area (Å²) in [6.45, 7) is 3.78. The number of amides is 1. The Hall–Kier alpha value is -1.47. The molecule has 0 heterocycles. The van der Waals surface area contributed by atoms with E-state index in [1.807, 2.05) is 13.0 Å². The number of rotatable bonds is 36. The lowest BCUT2D eigenvalue weighted by molar-refractivity contribution is -0.132. The van der Waals surface area contributed by atoms with Crippen molar-refractivity contribution in [2.45, 2.75) is 218 Å². The van der Waals surface area contributed by atoms with E-state index in [0.29, 0.717) is 19.3 Å². The van der Waals surface area contributed by atoms with Crippen LogP contribution in [0.25, 0.3) is 0 Å². The van der Waals surface area contributed by atoms with E-state index < -0.39 is 36.9 Å². The van der Waals surface area contributed by atoms with Gasteiger partial charge < -0.3 is 25.7 Å². The van der Waals surface area contributed by atoms with Crippen LogP contribution < -0.4 is 5.32 Å². The summed E-state index contributed by atoms with van der Waals surface area (Å²) in [5, 5.41) is 43.3. The molecule has 0 rings (SSSR count). The topological polar surface area (TPSA) is 110 Å². The molecule has 0 aromatic heterocycles. The molecule has 0 radical (unpaired) electrons. The smallest absolute Gasteiger partial charge is 0.249 e. The Morgan fingerprint density at radius 1 is 0.542 bits per heavy atom. The summed E-state index contributed by atoms with van der Waals surface area (Å²) in [4.78, 5) is 12.4. The molecule has 0 aromatic carbocycles. The molecule has 6 nitrogen and oxygen atoms in total. The zero-order valence-corrected chi connectivity index (χ0v) is 31.5. The van der Waals surface area contributed by atoms with Gasteiger partial charge in [0.1, 0.15) is 12.2 Å². The molecule has 282 valence electrons. The summed E-state index contributed by atoms with van der Waals surface area (Å²) in [5.41, 5.74) is 0. The third-order valence-corrected chi connectivity index (χ3v) is 9.40. The van der Waals surface area contributed by atoms with Gasteiger partial charge in [0.15, 0.2) is 0 Å². The summed E-state index contributed by atoms with van der Waals surface area (Å²) >= 11 is 0. The maximum Gasteiger partial charge on any atom is 0.249 e. The number of aliphatic hydroxyl groups is 4. The van der Waals surface area contributed by atoms with Gasteiger partial charge in [0.05, 0.1) is 18.8 Å². The number of carbonyl (C=O) groups is 1. The van der Waals surface area contributed by atoms with Gasteiger partial charge in [-0.15, -0.1) is 0 Å². The third-order valence-electron chi connectivity index (χ3n) is 9.40. The van der Waals surface area contributed by atoms with E-state index in [0.717, 1.165) is 38.5 Å². The first kappa shape index (κ1) is 46.5. The van der Waals surface area contributed by atoms with Crippen LogP contribution in [0.3, 0.4) is 0 Å². The number of nitrogens with one attached hydrogen (secondary N) is 1. The standard InChI is InChI=1S/C42H79NO5/c1-3-5-7-9-11-13-14-15-16-17-18-19-20-21-22-23-24-25-26-27-28-30-32-34-36-40(46)42(48)43-38(37-44)41(47)39(45)35-33-31-29-12-10-8-6-4-2/h4,6,12,21-22,29,38-41,44-47H,3,5,7-11,13-20,23-28,30-37H2,1-2H3,(H,43,48)/b6-4+,22-21-,29-12+. The molecule has 0 aliphatic carbocycles. The number of carbonyl (C=O) groups excluding carboxylic acids is 1. The normalized spacial score (nSPS) is 14.7. The van der Waals surface area contributed by atoms with Crippen LogP contribution in [0.15, 0.2) is 36.5 Å². The molecule has 0 bridgehead atoms. The molecule has 1 amide bonds. The highest BCUT2D eigenvalue weighted by Crippen LogP contribution is 2.15. The molecule has 0 fully saturated rings. The number of allylic oxidation sites excluding steroid dienone is 6. The van der Waals surface area contributed by atoms with Crippen LogP contribution in [-0.4, -0.2) is 57.3 Å². The fourth-order valence-corrected chi connectivity index (χ4v) is 6.13. The molecule has 0 aliphatic rings. The Balaban J connectivity index is 3.68. The highest BCUT2D eigenvalue weighted by molar-refractivity contribution is 5.80. The van der Waals surface area contributed by atoms with Crippen molar-refractivity contribution in [1.82, 2.24) is 5.32 Å². The minimum Gasteiger partial charge on any atom is -0.394 e. The summed E-state index contributed by atoms with van der Waals surface area (Å²) in [6, 6.07) is -1.01. The molecule has 0 aliphatic heterocycles. The second kappa shape index (κ2) is 36.8. The molecule has 0 saturated heterocycles. The van der Waals surface area contributed by atoms with Crippen molar-refractivity contribution in [2.75, 3.05) is 6.61 Å². The van der Waals surface area contributed by atoms with Crippen molar-refractivity contribution in [2.24, 2.45) is 0 Å². The minimum absolute atomic E-state index is 0.356. The van der Waals surface area contributed by atoms with Crippen molar-refractivity contribution < 1.29 is 25.2 Å². The van der Waals surface area contributed by atoms with Gasteiger partial charge in [0, 0.05) is 0 Å². The van der Waals surface area contributed by atoms with Crippen molar-refractivity contribution in [3.8, 4) is 0 Å². The fraction of sp³-hybridized carbons (Fsp3) is 0.833. The highest BCUT2D eigenvalue weighted by atomic mass is 16.3. The average molecular weight is 678 g/mol. The number of hydrogen-bond acceptors (Lipinski definition) is 5. The highest BCUT2D eigenvalue weighted by Gasteiger charge is 2.28. The zero-order chi connectivity index (χ0) is 35.3. The summed E-state index contributed by atoms with van der Waals surface area (Å²) in [6.07, 6.45) is 42.2. The zero-order valence-electron chi connectivity index (χ0n) is 31.5. The first-order chi connectivity index (χ1) is 23.5. The Morgan fingerprint density at radius 3 is 1.44 bits per heavy atom. The first-order valence-electron chi connectivity index (χ1n) is 20.3. The molecule has 4 unspecified atom stereocenters. The van der Waals surface area contributed by atoms with Gasteiger partial charge in [-0.25, -0.2) is 0 Å². The van der Waals surface area contributed by atoms with Crippen LogP contribution in [0.1, 0.15) is 194 Å². The minimum atomic E-state index is -1.29. The van der Waals surface area contributed by atoms with E-state index in [9.17, 15) is 25.2 Å². The summed E-state index contributed by atoms with van der Waals surface area (Å²) < 4.78 is 0. The Labute approximate surface area is 297 Å². The molecule has 0 saturated carbocycles. The lowest BCUT2D eigenvalue weighted by Gasteiger charge is -2.27. The van der Waals surface area contributed by atoms with Gasteiger partial charge >= 0.3 is 0 Å². The Morgan fingerprint density at radius 2 is 0.958 bits per heavy atom. The quantitative estimate of drug-likeness (QED) is 0.0335.